The SMILES string of the molecule is CC(C)(C)OC(=O)CC(=O)CC(O)C=CC(=C(c1ccc(F)cc1)c1ccc(F)cc1)C1CCCCC1. The van der Waals surface area contributed by atoms with Gasteiger partial charge in [-0.25, -0.2) is 8.78 Å². The highest BCUT2D eigenvalue weighted by Gasteiger charge is 2.23. The molecule has 1 aliphatic rings. The van der Waals surface area contributed by atoms with Crippen LogP contribution in [0.15, 0.2) is 66.3 Å². The molecule has 1 unspecified atom stereocenters. The minimum absolute atomic E-state index is 0.194. The summed E-state index contributed by atoms with van der Waals surface area (Å²) in [5, 5.41) is 10.6. The average Bonchev–Trinajstić information content (AvgIpc) is 2.82. The summed E-state index contributed by atoms with van der Waals surface area (Å²) in [7, 11) is 0. The molecule has 0 radical (unpaired) electrons. The number of esters is 1. The van der Waals surface area contributed by atoms with Gasteiger partial charge in [-0.3, -0.25) is 9.59 Å². The Labute approximate surface area is 218 Å². The Morgan fingerprint density at radius 3 is 1.95 bits per heavy atom. The maximum atomic E-state index is 13.7. The molecule has 2 aromatic carbocycles. The van der Waals surface area contributed by atoms with Crippen molar-refractivity contribution < 1.29 is 28.2 Å². The van der Waals surface area contributed by atoms with Gasteiger partial charge < -0.3 is 9.84 Å². The van der Waals surface area contributed by atoms with E-state index in [0.29, 0.717) is 0 Å². The van der Waals surface area contributed by atoms with Crippen LogP contribution in [-0.4, -0.2) is 28.6 Å². The van der Waals surface area contributed by atoms with Crippen molar-refractivity contribution in [3.8, 4) is 0 Å². The molecule has 6 heteroatoms. The molecule has 0 heterocycles. The number of halogens is 2. The minimum atomic E-state index is -1.09. The van der Waals surface area contributed by atoms with Crippen molar-refractivity contribution in [1.82, 2.24) is 0 Å². The van der Waals surface area contributed by atoms with Gasteiger partial charge >= 0.3 is 5.97 Å². The highest BCUT2D eigenvalue weighted by atomic mass is 19.1. The van der Waals surface area contributed by atoms with Crippen molar-refractivity contribution in [3.05, 3.63) is 89.0 Å². The normalized spacial score (nSPS) is 15.4. The predicted octanol–water partition coefficient (Wildman–Crippen LogP) is 6.96. The van der Waals surface area contributed by atoms with Gasteiger partial charge in [0.1, 0.15) is 29.4 Å². The minimum Gasteiger partial charge on any atom is -0.460 e. The summed E-state index contributed by atoms with van der Waals surface area (Å²) in [5.41, 5.74) is 2.68. The van der Waals surface area contributed by atoms with Crippen molar-refractivity contribution in [2.24, 2.45) is 5.92 Å². The van der Waals surface area contributed by atoms with Crippen LogP contribution in [0, 0.1) is 17.6 Å². The van der Waals surface area contributed by atoms with Crippen LogP contribution in [0.1, 0.15) is 76.8 Å². The average molecular weight is 511 g/mol. The third-order valence-electron chi connectivity index (χ3n) is 6.30. The molecule has 1 N–H and O–H groups in total. The van der Waals surface area contributed by atoms with Gasteiger partial charge in [-0.15, -0.1) is 0 Å². The highest BCUT2D eigenvalue weighted by molar-refractivity contribution is 5.96. The Balaban J connectivity index is 1.93. The Morgan fingerprint density at radius 1 is 0.946 bits per heavy atom. The Hall–Kier alpha value is -3.12. The molecular formula is C31H36F2O4. The number of carbonyl (C=O) groups excluding carboxylic acids is 2. The molecule has 2 aromatic rings. The van der Waals surface area contributed by atoms with E-state index in [1.54, 1.807) is 51.1 Å². The Kier molecular flexibility index (Phi) is 9.93. The maximum absolute atomic E-state index is 13.7. The quantitative estimate of drug-likeness (QED) is 0.225. The van der Waals surface area contributed by atoms with Crippen molar-refractivity contribution in [2.75, 3.05) is 0 Å². The summed E-state index contributed by atoms with van der Waals surface area (Å²) in [6, 6.07) is 12.4. The third kappa shape index (κ3) is 9.04. The molecule has 1 fully saturated rings. The smallest absolute Gasteiger partial charge is 0.313 e. The summed E-state index contributed by atoms with van der Waals surface area (Å²) in [5.74, 6) is -1.54. The van der Waals surface area contributed by atoms with Gasteiger partial charge in [-0.1, -0.05) is 55.7 Å². The number of aliphatic hydroxyl groups is 1. The van der Waals surface area contributed by atoms with Gasteiger partial charge in [0.2, 0.25) is 0 Å². The zero-order chi connectivity index (χ0) is 27.0. The molecule has 4 nitrogen and oxygen atoms in total. The zero-order valence-electron chi connectivity index (χ0n) is 21.8. The van der Waals surface area contributed by atoms with Gasteiger partial charge in [0.15, 0.2) is 0 Å². The number of rotatable bonds is 9. The van der Waals surface area contributed by atoms with Crippen LogP contribution in [0.3, 0.4) is 0 Å². The summed E-state index contributed by atoms with van der Waals surface area (Å²) in [6.07, 6.45) is 6.91. The second kappa shape index (κ2) is 12.9. The van der Waals surface area contributed by atoms with Crippen LogP contribution in [0.25, 0.3) is 5.57 Å². The summed E-state index contributed by atoms with van der Waals surface area (Å²) in [4.78, 5) is 24.3. The predicted molar refractivity (Wildman–Crippen MR) is 141 cm³/mol. The number of hydrogen-bond donors (Lipinski definition) is 1. The van der Waals surface area contributed by atoms with E-state index in [1.807, 2.05) is 6.08 Å². The van der Waals surface area contributed by atoms with E-state index >= 15 is 0 Å². The first-order valence-corrected chi connectivity index (χ1v) is 12.9. The number of ether oxygens (including phenoxy) is 1. The van der Waals surface area contributed by atoms with Crippen LogP contribution in [0.5, 0.6) is 0 Å². The first-order valence-electron chi connectivity index (χ1n) is 12.9. The lowest BCUT2D eigenvalue weighted by Crippen LogP contribution is -2.26. The monoisotopic (exact) mass is 510 g/mol. The summed E-state index contributed by atoms with van der Waals surface area (Å²) >= 11 is 0. The van der Waals surface area contributed by atoms with E-state index < -0.39 is 29.9 Å². The molecule has 0 bridgehead atoms. The van der Waals surface area contributed by atoms with E-state index in [0.717, 1.165) is 54.4 Å². The van der Waals surface area contributed by atoms with Crippen LogP contribution >= 0.6 is 0 Å². The number of benzene rings is 2. The molecule has 0 aliphatic heterocycles. The number of ketones is 1. The van der Waals surface area contributed by atoms with Gasteiger partial charge in [-0.05, 0) is 86.1 Å². The summed E-state index contributed by atoms with van der Waals surface area (Å²) < 4.78 is 32.7. The third-order valence-corrected chi connectivity index (χ3v) is 6.30. The van der Waals surface area contributed by atoms with Gasteiger partial charge in [0.25, 0.3) is 0 Å². The van der Waals surface area contributed by atoms with Crippen LogP contribution in [0.4, 0.5) is 8.78 Å². The molecule has 0 saturated heterocycles. The molecular weight excluding hydrogens is 474 g/mol. The molecule has 0 aromatic heterocycles. The molecule has 0 spiro atoms. The molecule has 0 amide bonds. The lowest BCUT2D eigenvalue weighted by molar-refractivity contribution is -0.156. The Bertz CT molecular complexity index is 1070. The topological polar surface area (TPSA) is 63.6 Å². The second-order valence-electron chi connectivity index (χ2n) is 10.6. The standard InChI is InChI=1S/C31H36F2O4/c1-31(2,3)37-29(36)20-27(35)19-26(34)17-18-28(21-7-5-4-6-8-21)30(22-9-13-24(32)14-10-22)23-11-15-25(33)16-12-23/h9-18,21,26,34H,4-8,19-20H2,1-3H3. The molecule has 1 saturated carbocycles. The number of allylic oxidation sites excluding steroid dienone is 2. The lowest BCUT2D eigenvalue weighted by Gasteiger charge is -2.26. The van der Waals surface area contributed by atoms with Crippen molar-refractivity contribution in [3.63, 3.8) is 0 Å². The fourth-order valence-electron chi connectivity index (χ4n) is 4.70. The lowest BCUT2D eigenvalue weighted by atomic mass is 9.78. The van der Waals surface area contributed by atoms with E-state index in [9.17, 15) is 23.5 Å². The molecule has 1 aliphatic carbocycles. The fraction of sp³-hybridized carbons (Fsp3) is 0.419. The zero-order valence-corrected chi connectivity index (χ0v) is 21.8. The van der Waals surface area contributed by atoms with E-state index in [-0.39, 0.29) is 24.0 Å². The number of carbonyl (C=O) groups is 2. The molecule has 37 heavy (non-hydrogen) atoms. The van der Waals surface area contributed by atoms with Gasteiger partial charge in [0, 0.05) is 6.42 Å². The van der Waals surface area contributed by atoms with Gasteiger partial charge in [0.05, 0.1) is 6.10 Å². The number of aliphatic hydroxyl groups excluding tert-OH is 1. The van der Waals surface area contributed by atoms with Crippen LogP contribution < -0.4 is 0 Å². The largest absolute Gasteiger partial charge is 0.460 e. The van der Waals surface area contributed by atoms with E-state index in [4.69, 9.17) is 4.74 Å². The molecule has 198 valence electrons. The molecule has 3 rings (SSSR count). The van der Waals surface area contributed by atoms with Gasteiger partial charge in [-0.2, -0.15) is 0 Å². The van der Waals surface area contributed by atoms with E-state index in [1.165, 1.54) is 24.3 Å². The van der Waals surface area contributed by atoms with Crippen LogP contribution in [0.2, 0.25) is 0 Å². The Morgan fingerprint density at radius 2 is 1.46 bits per heavy atom. The van der Waals surface area contributed by atoms with Crippen molar-refractivity contribution in [1.29, 1.82) is 0 Å². The number of hydrogen-bond acceptors (Lipinski definition) is 4. The number of Topliss-reactive ketones (excluding diaryl/α,β-unsaturated/α-hetero) is 1. The summed E-state index contributed by atoms with van der Waals surface area (Å²) in [6.45, 7) is 5.18. The fourth-order valence-corrected chi connectivity index (χ4v) is 4.70. The first-order chi connectivity index (χ1) is 17.5. The van der Waals surface area contributed by atoms with Crippen molar-refractivity contribution in [2.45, 2.75) is 77.4 Å². The van der Waals surface area contributed by atoms with Crippen LogP contribution in [-0.2, 0) is 14.3 Å². The second-order valence-corrected chi connectivity index (χ2v) is 10.6. The van der Waals surface area contributed by atoms with Crippen molar-refractivity contribution >= 4 is 17.3 Å². The first kappa shape index (κ1) is 28.5. The molecule has 1 atom stereocenters. The highest BCUT2D eigenvalue weighted by Crippen LogP contribution is 2.38. The van der Waals surface area contributed by atoms with E-state index in [2.05, 4.69) is 0 Å². The maximum Gasteiger partial charge on any atom is 0.313 e.